The van der Waals surface area contributed by atoms with Gasteiger partial charge in [-0.1, -0.05) is 32.0 Å². The van der Waals surface area contributed by atoms with E-state index in [0.717, 1.165) is 16.5 Å². The second kappa shape index (κ2) is 6.67. The highest BCUT2D eigenvalue weighted by Crippen LogP contribution is 2.17. The molecule has 0 aliphatic rings. The summed E-state index contributed by atoms with van der Waals surface area (Å²) in [6.45, 7) is 3.79. The lowest BCUT2D eigenvalue weighted by atomic mass is 10.1. The third-order valence-electron chi connectivity index (χ3n) is 3.20. The van der Waals surface area contributed by atoms with Crippen molar-refractivity contribution >= 4 is 22.9 Å². The number of nitrogens with zero attached hydrogens (tertiary/aromatic N) is 2. The van der Waals surface area contributed by atoms with Crippen molar-refractivity contribution in [1.82, 2.24) is 10.3 Å². The van der Waals surface area contributed by atoms with Gasteiger partial charge in [-0.15, -0.1) is 0 Å². The molecule has 1 unspecified atom stereocenters. The summed E-state index contributed by atoms with van der Waals surface area (Å²) in [5.41, 5.74) is 1.81. The molecule has 0 radical (unpaired) electrons. The van der Waals surface area contributed by atoms with E-state index in [1.165, 1.54) is 6.08 Å². The molecule has 0 bridgehead atoms. The average Bonchev–Trinajstić information content (AvgIpc) is 2.50. The van der Waals surface area contributed by atoms with Gasteiger partial charge in [0.2, 0.25) is 5.91 Å². The molecular formula is C17H17N3O. The second-order valence-corrected chi connectivity index (χ2v) is 5.11. The van der Waals surface area contributed by atoms with Crippen LogP contribution in [0.4, 0.5) is 0 Å². The maximum absolute atomic E-state index is 11.9. The van der Waals surface area contributed by atoms with Crippen LogP contribution in [0.3, 0.4) is 0 Å². The number of hydrogen-bond donors (Lipinski definition) is 1. The molecule has 1 aromatic carbocycles. The molecule has 21 heavy (non-hydrogen) atoms. The Kier molecular flexibility index (Phi) is 4.68. The van der Waals surface area contributed by atoms with Gasteiger partial charge in [-0.25, -0.2) is 0 Å². The minimum Gasteiger partial charge on any atom is -0.337 e. The quantitative estimate of drug-likeness (QED) is 0.875. The molecule has 1 N–H and O–H groups in total. The Morgan fingerprint density at radius 3 is 2.81 bits per heavy atom. The molecule has 0 aliphatic heterocycles. The van der Waals surface area contributed by atoms with Gasteiger partial charge in [-0.3, -0.25) is 9.78 Å². The number of amides is 1. The van der Waals surface area contributed by atoms with E-state index in [4.69, 9.17) is 5.26 Å². The molecule has 106 valence electrons. The highest BCUT2D eigenvalue weighted by molar-refractivity contribution is 5.95. The fourth-order valence-electron chi connectivity index (χ4n) is 1.98. The molecule has 0 fully saturated rings. The number of fused-ring (bicyclic) bond motifs is 1. The van der Waals surface area contributed by atoms with Crippen LogP contribution in [0.15, 0.2) is 42.6 Å². The molecule has 1 atom stereocenters. The van der Waals surface area contributed by atoms with Gasteiger partial charge in [-0.05, 0) is 29.7 Å². The molecule has 0 aliphatic carbocycles. The standard InChI is InChI=1S/C17H17N3O/c1-12(2)16(11-18)20-17(21)8-7-13-9-10-19-15-6-4-3-5-14(13)15/h3-10,12,16H,1-2H3,(H,20,21)/b8-7+. The summed E-state index contributed by atoms with van der Waals surface area (Å²) < 4.78 is 0. The van der Waals surface area contributed by atoms with E-state index >= 15 is 0 Å². The van der Waals surface area contributed by atoms with Gasteiger partial charge >= 0.3 is 0 Å². The van der Waals surface area contributed by atoms with Gasteiger partial charge in [0.15, 0.2) is 0 Å². The maximum atomic E-state index is 11.9. The Morgan fingerprint density at radius 2 is 2.10 bits per heavy atom. The van der Waals surface area contributed by atoms with Gasteiger partial charge in [0.05, 0.1) is 11.6 Å². The predicted molar refractivity (Wildman–Crippen MR) is 83.2 cm³/mol. The van der Waals surface area contributed by atoms with Crippen LogP contribution in [0, 0.1) is 17.2 Å². The predicted octanol–water partition coefficient (Wildman–Crippen LogP) is 2.91. The van der Waals surface area contributed by atoms with Crippen molar-refractivity contribution in [3.63, 3.8) is 0 Å². The van der Waals surface area contributed by atoms with Gasteiger partial charge in [0, 0.05) is 17.7 Å². The Bertz CT molecular complexity index is 708. The first-order chi connectivity index (χ1) is 10.1. The molecule has 4 heteroatoms. The summed E-state index contributed by atoms with van der Waals surface area (Å²) in [6, 6.07) is 11.2. The van der Waals surface area contributed by atoms with Crippen LogP contribution in [0.2, 0.25) is 0 Å². The number of carbonyl (C=O) groups excluding carboxylic acids is 1. The summed E-state index contributed by atoms with van der Waals surface area (Å²) >= 11 is 0. The van der Waals surface area contributed by atoms with Gasteiger partial charge < -0.3 is 5.32 Å². The van der Waals surface area contributed by atoms with E-state index in [-0.39, 0.29) is 11.8 Å². The van der Waals surface area contributed by atoms with E-state index in [0.29, 0.717) is 0 Å². The lowest BCUT2D eigenvalue weighted by molar-refractivity contribution is -0.117. The third kappa shape index (κ3) is 3.67. The highest BCUT2D eigenvalue weighted by atomic mass is 16.1. The number of nitriles is 1. The zero-order chi connectivity index (χ0) is 15.2. The zero-order valence-corrected chi connectivity index (χ0v) is 12.1. The Hall–Kier alpha value is -2.67. The number of hydrogen-bond acceptors (Lipinski definition) is 3. The van der Waals surface area contributed by atoms with Gasteiger partial charge in [-0.2, -0.15) is 5.26 Å². The topological polar surface area (TPSA) is 65.8 Å². The number of nitrogens with one attached hydrogen (secondary N) is 1. The van der Waals surface area contributed by atoms with E-state index in [2.05, 4.69) is 16.4 Å². The van der Waals surface area contributed by atoms with Crippen LogP contribution in [0.5, 0.6) is 0 Å². The molecule has 1 aromatic heterocycles. The van der Waals surface area contributed by atoms with Crippen molar-refractivity contribution in [3.8, 4) is 6.07 Å². The first-order valence-electron chi connectivity index (χ1n) is 6.83. The van der Waals surface area contributed by atoms with Crippen LogP contribution >= 0.6 is 0 Å². The monoisotopic (exact) mass is 279 g/mol. The van der Waals surface area contributed by atoms with Crippen molar-refractivity contribution in [2.24, 2.45) is 5.92 Å². The Morgan fingerprint density at radius 1 is 1.33 bits per heavy atom. The summed E-state index contributed by atoms with van der Waals surface area (Å²) in [5, 5.41) is 12.6. The SMILES string of the molecule is CC(C)C(C#N)NC(=O)/C=C/c1ccnc2ccccc12. The van der Waals surface area contributed by atoms with Crippen molar-refractivity contribution in [2.75, 3.05) is 0 Å². The van der Waals surface area contributed by atoms with Crippen LogP contribution in [0.1, 0.15) is 19.4 Å². The minimum absolute atomic E-state index is 0.0779. The van der Waals surface area contributed by atoms with Crippen LogP contribution in [-0.2, 0) is 4.79 Å². The van der Waals surface area contributed by atoms with E-state index in [1.54, 1.807) is 12.3 Å². The summed E-state index contributed by atoms with van der Waals surface area (Å²) in [4.78, 5) is 16.1. The molecule has 0 saturated heterocycles. The summed E-state index contributed by atoms with van der Waals surface area (Å²) in [6.07, 6.45) is 4.91. The Balaban J connectivity index is 2.17. The largest absolute Gasteiger partial charge is 0.337 e. The first kappa shape index (κ1) is 14.7. The van der Waals surface area contributed by atoms with Crippen molar-refractivity contribution in [1.29, 1.82) is 5.26 Å². The number of pyridine rings is 1. The molecule has 2 aromatic rings. The summed E-state index contributed by atoms with van der Waals surface area (Å²) in [7, 11) is 0. The fraction of sp³-hybridized carbons (Fsp3) is 0.235. The molecule has 2 rings (SSSR count). The van der Waals surface area contributed by atoms with Crippen molar-refractivity contribution in [3.05, 3.63) is 48.2 Å². The first-order valence-corrected chi connectivity index (χ1v) is 6.83. The van der Waals surface area contributed by atoms with Crippen LogP contribution in [0.25, 0.3) is 17.0 Å². The van der Waals surface area contributed by atoms with E-state index < -0.39 is 6.04 Å². The number of para-hydroxylation sites is 1. The van der Waals surface area contributed by atoms with E-state index in [1.807, 2.05) is 44.2 Å². The maximum Gasteiger partial charge on any atom is 0.245 e. The molecule has 0 spiro atoms. The Labute approximate surface area is 124 Å². The molecule has 1 amide bonds. The minimum atomic E-state index is -0.476. The molecule has 0 saturated carbocycles. The second-order valence-electron chi connectivity index (χ2n) is 5.11. The van der Waals surface area contributed by atoms with Gasteiger partial charge in [0.1, 0.15) is 6.04 Å². The van der Waals surface area contributed by atoms with E-state index in [9.17, 15) is 4.79 Å². The molecule has 4 nitrogen and oxygen atoms in total. The molecular weight excluding hydrogens is 262 g/mol. The highest BCUT2D eigenvalue weighted by Gasteiger charge is 2.13. The van der Waals surface area contributed by atoms with Crippen LogP contribution in [-0.4, -0.2) is 16.9 Å². The van der Waals surface area contributed by atoms with Crippen molar-refractivity contribution in [2.45, 2.75) is 19.9 Å². The summed E-state index contributed by atoms with van der Waals surface area (Å²) in [5.74, 6) is -0.190. The normalized spacial score (nSPS) is 12.5. The average molecular weight is 279 g/mol. The fourth-order valence-corrected chi connectivity index (χ4v) is 1.98. The van der Waals surface area contributed by atoms with Gasteiger partial charge in [0.25, 0.3) is 0 Å². The number of aromatic nitrogens is 1. The van der Waals surface area contributed by atoms with Crippen molar-refractivity contribution < 1.29 is 4.79 Å². The number of rotatable bonds is 4. The lowest BCUT2D eigenvalue weighted by Gasteiger charge is -2.13. The number of carbonyl (C=O) groups is 1. The lowest BCUT2D eigenvalue weighted by Crippen LogP contribution is -2.36. The van der Waals surface area contributed by atoms with Crippen LogP contribution < -0.4 is 5.32 Å². The zero-order valence-electron chi connectivity index (χ0n) is 12.1. The molecule has 1 heterocycles. The third-order valence-corrected chi connectivity index (χ3v) is 3.20. The number of benzene rings is 1. The smallest absolute Gasteiger partial charge is 0.245 e.